The largest absolute Gasteiger partial charge is 0.496 e. The number of hydrogen-bond donors (Lipinski definition) is 1. The van der Waals surface area contributed by atoms with Gasteiger partial charge in [-0.05, 0) is 65.7 Å². The van der Waals surface area contributed by atoms with Crippen LogP contribution < -0.4 is 24.4 Å². The van der Waals surface area contributed by atoms with Crippen molar-refractivity contribution in [2.75, 3.05) is 28.4 Å². The van der Waals surface area contributed by atoms with Crippen molar-refractivity contribution in [3.63, 3.8) is 0 Å². The lowest BCUT2D eigenvalue weighted by Gasteiger charge is -2.13. The number of ether oxygens (including phenoxy) is 4. The molecule has 1 heterocycles. The van der Waals surface area contributed by atoms with Gasteiger partial charge in [-0.2, -0.15) is 10.2 Å². The molecule has 0 saturated carbocycles. The molecule has 34 heavy (non-hydrogen) atoms. The van der Waals surface area contributed by atoms with Gasteiger partial charge in [0.15, 0.2) is 11.5 Å². The number of nitrogens with zero attached hydrogens (tertiary/aromatic N) is 3. The van der Waals surface area contributed by atoms with E-state index >= 15 is 0 Å². The van der Waals surface area contributed by atoms with E-state index in [4.69, 9.17) is 18.9 Å². The third kappa shape index (κ3) is 5.33. The smallest absolute Gasteiger partial charge is 0.271 e. The van der Waals surface area contributed by atoms with Crippen LogP contribution >= 0.6 is 15.9 Å². The summed E-state index contributed by atoms with van der Waals surface area (Å²) in [6, 6.07) is 8.78. The first-order chi connectivity index (χ1) is 16.3. The summed E-state index contributed by atoms with van der Waals surface area (Å²) in [5, 5.41) is 8.67. The fraction of sp³-hybridized carbons (Fsp3) is 0.292. The number of halogens is 1. The van der Waals surface area contributed by atoms with Gasteiger partial charge in [0.05, 0.1) is 57.1 Å². The van der Waals surface area contributed by atoms with Crippen LogP contribution in [0.1, 0.15) is 32.9 Å². The van der Waals surface area contributed by atoms with Crippen LogP contribution in [0.25, 0.3) is 0 Å². The molecule has 1 N–H and O–H groups in total. The molecule has 9 nitrogen and oxygen atoms in total. The maximum Gasteiger partial charge on any atom is 0.271 e. The highest BCUT2D eigenvalue weighted by atomic mass is 79.9. The molecule has 0 aliphatic heterocycles. The zero-order valence-electron chi connectivity index (χ0n) is 19.9. The average Bonchev–Trinajstić information content (AvgIpc) is 3.09. The van der Waals surface area contributed by atoms with Crippen molar-refractivity contribution < 1.29 is 23.7 Å². The van der Waals surface area contributed by atoms with Crippen LogP contribution in [0.4, 0.5) is 0 Å². The van der Waals surface area contributed by atoms with Gasteiger partial charge in [0.1, 0.15) is 5.75 Å². The second-order valence-electron chi connectivity index (χ2n) is 7.33. The van der Waals surface area contributed by atoms with Crippen LogP contribution in [0, 0.1) is 13.8 Å². The summed E-state index contributed by atoms with van der Waals surface area (Å²) in [6.45, 7) is 4.48. The molecule has 0 radical (unpaired) electrons. The zero-order valence-corrected chi connectivity index (χ0v) is 21.5. The monoisotopic (exact) mass is 530 g/mol. The molecular formula is C24H27BrN4O5. The number of rotatable bonds is 9. The van der Waals surface area contributed by atoms with Gasteiger partial charge in [0, 0.05) is 11.1 Å². The van der Waals surface area contributed by atoms with Crippen molar-refractivity contribution in [1.29, 1.82) is 0 Å². The number of aromatic nitrogens is 2. The molecule has 3 rings (SSSR count). The van der Waals surface area contributed by atoms with Crippen LogP contribution in [-0.2, 0) is 6.54 Å². The molecule has 0 bridgehead atoms. The van der Waals surface area contributed by atoms with E-state index in [1.807, 2.05) is 36.7 Å². The van der Waals surface area contributed by atoms with Crippen LogP contribution in [0.2, 0.25) is 0 Å². The van der Waals surface area contributed by atoms with E-state index in [9.17, 15) is 4.79 Å². The first kappa shape index (κ1) is 25.1. The summed E-state index contributed by atoms with van der Waals surface area (Å²) in [7, 11) is 6.11. The van der Waals surface area contributed by atoms with E-state index in [1.54, 1.807) is 25.5 Å². The Morgan fingerprint density at radius 1 is 1.03 bits per heavy atom. The van der Waals surface area contributed by atoms with Gasteiger partial charge in [-0.25, -0.2) is 5.43 Å². The Balaban J connectivity index is 1.79. The third-order valence-electron chi connectivity index (χ3n) is 5.22. The minimum absolute atomic E-state index is 0.317. The molecule has 1 amide bonds. The number of nitrogens with one attached hydrogen (secondary N) is 1. The SMILES string of the molecule is COc1ccc(C=NNC(=O)c2cc(OC)c(OC)c(OC)c2)cc1Cn1nc(C)c(Br)c1C. The van der Waals surface area contributed by atoms with Crippen LogP contribution in [0.5, 0.6) is 23.0 Å². The summed E-state index contributed by atoms with van der Waals surface area (Å²) < 4.78 is 24.3. The Bertz CT molecular complexity index is 1200. The molecule has 2 aromatic carbocycles. The molecule has 0 unspecified atom stereocenters. The van der Waals surface area contributed by atoms with Crippen molar-refractivity contribution >= 4 is 28.1 Å². The van der Waals surface area contributed by atoms with Gasteiger partial charge in [-0.1, -0.05) is 0 Å². The van der Waals surface area contributed by atoms with Gasteiger partial charge in [0.2, 0.25) is 5.75 Å². The molecule has 0 aliphatic carbocycles. The number of hydrogen-bond acceptors (Lipinski definition) is 7. The minimum atomic E-state index is -0.420. The molecular weight excluding hydrogens is 504 g/mol. The number of carbonyl (C=O) groups is 1. The van der Waals surface area contributed by atoms with E-state index in [0.717, 1.165) is 32.7 Å². The normalized spacial score (nSPS) is 10.9. The molecule has 0 fully saturated rings. The van der Waals surface area contributed by atoms with E-state index in [-0.39, 0.29) is 0 Å². The average molecular weight is 531 g/mol. The predicted octanol–water partition coefficient (Wildman–Crippen LogP) is 4.11. The van der Waals surface area contributed by atoms with E-state index < -0.39 is 5.91 Å². The third-order valence-corrected chi connectivity index (χ3v) is 6.37. The molecule has 0 saturated heterocycles. The summed E-state index contributed by atoms with van der Waals surface area (Å²) in [6.07, 6.45) is 1.57. The fourth-order valence-corrected chi connectivity index (χ4v) is 3.72. The number of methoxy groups -OCH3 is 4. The van der Waals surface area contributed by atoms with E-state index in [1.165, 1.54) is 21.3 Å². The second-order valence-corrected chi connectivity index (χ2v) is 8.12. The molecule has 0 aliphatic rings. The van der Waals surface area contributed by atoms with Crippen LogP contribution in [0.15, 0.2) is 39.9 Å². The summed E-state index contributed by atoms with van der Waals surface area (Å²) >= 11 is 3.56. The molecule has 0 atom stereocenters. The Kier molecular flexibility index (Phi) is 8.17. The maximum atomic E-state index is 12.6. The number of amides is 1. The first-order valence-electron chi connectivity index (χ1n) is 10.3. The predicted molar refractivity (Wildman–Crippen MR) is 133 cm³/mol. The van der Waals surface area contributed by atoms with E-state index in [0.29, 0.717) is 29.4 Å². The van der Waals surface area contributed by atoms with Gasteiger partial charge in [-0.15, -0.1) is 0 Å². The van der Waals surface area contributed by atoms with E-state index in [2.05, 4.69) is 31.6 Å². The van der Waals surface area contributed by atoms with Crippen molar-refractivity contribution in [1.82, 2.24) is 15.2 Å². The lowest BCUT2D eigenvalue weighted by atomic mass is 10.1. The number of hydrazone groups is 1. The Hall–Kier alpha value is -3.53. The van der Waals surface area contributed by atoms with Gasteiger partial charge in [-0.3, -0.25) is 9.48 Å². The number of benzene rings is 2. The maximum absolute atomic E-state index is 12.6. The minimum Gasteiger partial charge on any atom is -0.496 e. The molecule has 1 aromatic heterocycles. The number of aryl methyl sites for hydroxylation is 1. The van der Waals surface area contributed by atoms with Gasteiger partial charge < -0.3 is 18.9 Å². The lowest BCUT2D eigenvalue weighted by Crippen LogP contribution is -2.18. The van der Waals surface area contributed by atoms with Crippen molar-refractivity contribution in [3.05, 3.63) is 62.9 Å². The highest BCUT2D eigenvalue weighted by Crippen LogP contribution is 2.38. The fourth-order valence-electron chi connectivity index (χ4n) is 3.43. The summed E-state index contributed by atoms with van der Waals surface area (Å²) in [4.78, 5) is 12.6. The quantitative estimate of drug-likeness (QED) is 0.330. The van der Waals surface area contributed by atoms with Gasteiger partial charge in [0.25, 0.3) is 5.91 Å². The van der Waals surface area contributed by atoms with Crippen molar-refractivity contribution in [2.45, 2.75) is 20.4 Å². The van der Waals surface area contributed by atoms with Gasteiger partial charge >= 0.3 is 0 Å². The molecule has 180 valence electrons. The number of carbonyl (C=O) groups excluding carboxylic acids is 1. The Morgan fingerprint density at radius 3 is 2.21 bits per heavy atom. The zero-order chi connectivity index (χ0) is 24.8. The first-order valence-corrected chi connectivity index (χ1v) is 11.1. The second kappa shape index (κ2) is 11.1. The van der Waals surface area contributed by atoms with Crippen molar-refractivity contribution in [3.8, 4) is 23.0 Å². The highest BCUT2D eigenvalue weighted by molar-refractivity contribution is 9.10. The highest BCUT2D eigenvalue weighted by Gasteiger charge is 2.17. The lowest BCUT2D eigenvalue weighted by molar-refractivity contribution is 0.0954. The molecule has 10 heteroatoms. The summed E-state index contributed by atoms with van der Waals surface area (Å²) in [5.74, 6) is 1.49. The standard InChI is InChI=1S/C24H27BrN4O5/c1-14-22(25)15(2)29(28-14)13-18-9-16(7-8-19(18)31-3)12-26-27-24(30)17-10-20(32-4)23(34-6)21(11-17)33-5/h7-12H,13H2,1-6H3,(H,27,30). The van der Waals surface area contributed by atoms with Crippen molar-refractivity contribution in [2.24, 2.45) is 5.10 Å². The Labute approximate surface area is 206 Å². The topological polar surface area (TPSA) is 96.2 Å². The summed E-state index contributed by atoms with van der Waals surface area (Å²) in [5.41, 5.74) is 6.51. The van der Waals surface area contributed by atoms with Crippen LogP contribution in [-0.4, -0.2) is 50.3 Å². The Morgan fingerprint density at radius 2 is 1.68 bits per heavy atom. The van der Waals surface area contributed by atoms with Crippen LogP contribution in [0.3, 0.4) is 0 Å². The molecule has 3 aromatic rings. The molecule has 0 spiro atoms.